The third-order valence-corrected chi connectivity index (χ3v) is 8.69. The Morgan fingerprint density at radius 3 is 2.52 bits per heavy atom. The molecule has 168 valence electrons. The van der Waals surface area contributed by atoms with Crippen molar-refractivity contribution in [3.05, 3.63) is 50.6 Å². The van der Waals surface area contributed by atoms with E-state index in [1.165, 1.54) is 28.8 Å². The summed E-state index contributed by atoms with van der Waals surface area (Å²) in [6, 6.07) is 5.17. The number of hydrogen-bond acceptors (Lipinski definition) is 8. The summed E-state index contributed by atoms with van der Waals surface area (Å²) >= 11 is 10.0. The lowest BCUT2D eigenvalue weighted by molar-refractivity contribution is 0.0590. The van der Waals surface area contributed by atoms with E-state index in [1.54, 1.807) is 0 Å². The van der Waals surface area contributed by atoms with Gasteiger partial charge in [0.1, 0.15) is 20.6 Å². The maximum Gasteiger partial charge on any atom is 0.360 e. The number of carbonyl (C=O) groups is 1. The second-order valence-electron chi connectivity index (χ2n) is 6.45. The number of alkyl halides is 2. The summed E-state index contributed by atoms with van der Waals surface area (Å²) in [4.78, 5) is 29.3. The highest BCUT2D eigenvalue weighted by Crippen LogP contribution is 2.36. The first-order chi connectivity index (χ1) is 14.6. The second kappa shape index (κ2) is 9.69. The SMILES string of the molecule is CC[C@H]1COC(Br)C(Br)c2nc(C(=O)OC)c(OS(=O)(=O)c3ccc(Br)cc3)c(=O)n21. The normalized spacial score (nSPS) is 21.1. The highest BCUT2D eigenvalue weighted by Gasteiger charge is 2.36. The first kappa shape index (κ1) is 24.4. The third-order valence-electron chi connectivity index (χ3n) is 4.54. The van der Waals surface area contributed by atoms with Gasteiger partial charge in [-0.1, -0.05) is 54.7 Å². The number of carbonyl (C=O) groups excluding carboxylic acids is 1. The molecule has 0 bridgehead atoms. The topological polar surface area (TPSA) is 114 Å². The zero-order valence-corrected chi connectivity index (χ0v) is 21.8. The smallest absolute Gasteiger partial charge is 0.360 e. The number of ether oxygens (including phenoxy) is 2. The summed E-state index contributed by atoms with van der Waals surface area (Å²) in [6.07, 6.45) is 0.491. The fourth-order valence-corrected chi connectivity index (χ4v) is 4.99. The maximum atomic E-state index is 13.4. The number of methoxy groups -OCH3 is 1. The molecule has 2 heterocycles. The van der Waals surface area contributed by atoms with E-state index in [2.05, 4.69) is 52.8 Å². The van der Waals surface area contributed by atoms with Crippen LogP contribution in [-0.4, -0.2) is 42.7 Å². The molecule has 31 heavy (non-hydrogen) atoms. The number of halogens is 3. The van der Waals surface area contributed by atoms with Gasteiger partial charge in [-0.2, -0.15) is 8.42 Å². The van der Waals surface area contributed by atoms with Gasteiger partial charge < -0.3 is 13.7 Å². The molecule has 0 spiro atoms. The van der Waals surface area contributed by atoms with E-state index in [-0.39, 0.29) is 17.3 Å². The molecule has 0 amide bonds. The van der Waals surface area contributed by atoms with Crippen LogP contribution in [0.4, 0.5) is 0 Å². The van der Waals surface area contributed by atoms with Gasteiger partial charge in [0.2, 0.25) is 5.75 Å². The molecule has 0 saturated carbocycles. The number of aromatic nitrogens is 2. The van der Waals surface area contributed by atoms with Crippen LogP contribution in [0.15, 0.2) is 38.4 Å². The minimum atomic E-state index is -4.44. The fraction of sp³-hybridized carbons (Fsp3) is 0.389. The first-order valence-corrected chi connectivity index (χ1v) is 13.0. The third kappa shape index (κ3) is 4.90. The van der Waals surface area contributed by atoms with Gasteiger partial charge in [-0.3, -0.25) is 9.36 Å². The number of nitrogens with zero attached hydrogens (tertiary/aromatic N) is 2. The van der Waals surface area contributed by atoms with E-state index in [9.17, 15) is 18.0 Å². The van der Waals surface area contributed by atoms with Crippen molar-refractivity contribution in [3.8, 4) is 5.75 Å². The molecular weight excluding hydrogens is 628 g/mol. The van der Waals surface area contributed by atoms with Crippen LogP contribution in [0.1, 0.15) is 40.5 Å². The molecule has 9 nitrogen and oxygen atoms in total. The van der Waals surface area contributed by atoms with Gasteiger partial charge in [0, 0.05) is 4.47 Å². The maximum absolute atomic E-state index is 13.4. The van der Waals surface area contributed by atoms with Gasteiger partial charge >= 0.3 is 16.1 Å². The monoisotopic (exact) mass is 642 g/mol. The predicted molar refractivity (Wildman–Crippen MR) is 121 cm³/mol. The van der Waals surface area contributed by atoms with Crippen LogP contribution in [0, 0.1) is 0 Å². The largest absolute Gasteiger partial charge is 0.464 e. The molecule has 2 unspecified atom stereocenters. The minimum absolute atomic E-state index is 0.166. The standard InChI is InChI=1S/C18H17Br3N2O7S/c1-3-10-8-29-15(21)12(20)16-22-13(18(25)28-2)14(17(24)23(10)16)30-31(26,27)11-6-4-9(19)5-7-11/h4-7,10,12,15H,3,8H2,1-2H3/t10-,12?,15?/m0/s1. The molecular formula is C18H17Br3N2O7S. The minimum Gasteiger partial charge on any atom is -0.464 e. The van der Waals surface area contributed by atoms with Crippen molar-refractivity contribution in [2.45, 2.75) is 34.1 Å². The average Bonchev–Trinajstić information content (AvgIpc) is 2.86. The van der Waals surface area contributed by atoms with Crippen LogP contribution in [0.3, 0.4) is 0 Å². The Kier molecular flexibility index (Phi) is 7.62. The van der Waals surface area contributed by atoms with Crippen LogP contribution in [0.5, 0.6) is 5.75 Å². The van der Waals surface area contributed by atoms with Crippen molar-refractivity contribution in [2.75, 3.05) is 13.7 Å². The molecule has 0 fully saturated rings. The van der Waals surface area contributed by atoms with Crippen molar-refractivity contribution in [1.29, 1.82) is 0 Å². The Balaban J connectivity index is 2.24. The van der Waals surface area contributed by atoms with E-state index < -0.39 is 49.0 Å². The van der Waals surface area contributed by atoms with Gasteiger partial charge in [-0.05, 0) is 30.7 Å². The molecule has 3 rings (SSSR count). The molecule has 1 aromatic carbocycles. The molecule has 3 atom stereocenters. The highest BCUT2D eigenvalue weighted by atomic mass is 79.9. The van der Waals surface area contributed by atoms with Crippen LogP contribution in [0.2, 0.25) is 0 Å². The lowest BCUT2D eigenvalue weighted by Gasteiger charge is -2.21. The van der Waals surface area contributed by atoms with Crippen molar-refractivity contribution in [3.63, 3.8) is 0 Å². The van der Waals surface area contributed by atoms with E-state index in [4.69, 9.17) is 13.7 Å². The Labute approximate surface area is 203 Å². The zero-order chi connectivity index (χ0) is 22.9. The Morgan fingerprint density at radius 2 is 1.94 bits per heavy atom. The van der Waals surface area contributed by atoms with Gasteiger partial charge in [0.25, 0.3) is 5.56 Å². The van der Waals surface area contributed by atoms with Gasteiger partial charge in [-0.15, -0.1) is 0 Å². The number of benzene rings is 1. The lowest BCUT2D eigenvalue weighted by atomic mass is 10.2. The van der Waals surface area contributed by atoms with Crippen molar-refractivity contribution < 1.29 is 26.9 Å². The highest BCUT2D eigenvalue weighted by molar-refractivity contribution is 9.12. The molecule has 0 N–H and O–H groups in total. The van der Waals surface area contributed by atoms with Crippen molar-refractivity contribution in [2.24, 2.45) is 0 Å². The Bertz CT molecular complexity index is 1150. The molecule has 13 heteroatoms. The van der Waals surface area contributed by atoms with Gasteiger partial charge in [0.15, 0.2) is 5.69 Å². The Hall–Kier alpha value is -1.28. The molecule has 0 aliphatic carbocycles. The van der Waals surface area contributed by atoms with E-state index in [0.29, 0.717) is 10.9 Å². The van der Waals surface area contributed by atoms with Crippen LogP contribution < -0.4 is 9.74 Å². The summed E-state index contributed by atoms with van der Waals surface area (Å²) in [6.45, 7) is 2.01. The fourth-order valence-electron chi connectivity index (χ4n) is 2.93. The number of hydrogen-bond donors (Lipinski definition) is 0. The lowest BCUT2D eigenvalue weighted by Crippen LogP contribution is -2.34. The average molecular weight is 645 g/mol. The van der Waals surface area contributed by atoms with Gasteiger partial charge in [0.05, 0.1) is 19.8 Å². The van der Waals surface area contributed by atoms with E-state index in [0.717, 1.165) is 7.11 Å². The molecule has 1 aliphatic heterocycles. The number of fused-ring (bicyclic) bond motifs is 1. The summed E-state index contributed by atoms with van der Waals surface area (Å²) in [5, 5.41) is -0.536. The second-order valence-corrected chi connectivity index (χ2v) is 10.8. The summed E-state index contributed by atoms with van der Waals surface area (Å²) in [5.41, 5.74) is -1.37. The van der Waals surface area contributed by atoms with Crippen LogP contribution in [0.25, 0.3) is 0 Å². The number of rotatable bonds is 5. The molecule has 2 aromatic rings. The van der Waals surface area contributed by atoms with Crippen LogP contribution >= 0.6 is 47.8 Å². The van der Waals surface area contributed by atoms with Crippen LogP contribution in [-0.2, 0) is 19.6 Å². The molecule has 0 saturated heterocycles. The van der Waals surface area contributed by atoms with Gasteiger partial charge in [-0.25, -0.2) is 9.78 Å². The first-order valence-electron chi connectivity index (χ1n) is 8.95. The molecule has 0 radical (unpaired) electrons. The van der Waals surface area contributed by atoms with Crippen molar-refractivity contribution >= 4 is 63.9 Å². The molecule has 1 aliphatic rings. The number of esters is 1. The van der Waals surface area contributed by atoms with E-state index in [1.807, 2.05) is 6.92 Å². The summed E-state index contributed by atoms with van der Waals surface area (Å²) < 4.78 is 43.2. The molecule has 1 aromatic heterocycles. The van der Waals surface area contributed by atoms with Crippen molar-refractivity contribution in [1.82, 2.24) is 9.55 Å². The summed E-state index contributed by atoms with van der Waals surface area (Å²) in [5.74, 6) is -1.56. The predicted octanol–water partition coefficient (Wildman–Crippen LogP) is 3.70. The summed E-state index contributed by atoms with van der Waals surface area (Å²) in [7, 11) is -3.34. The Morgan fingerprint density at radius 1 is 1.29 bits per heavy atom. The quantitative estimate of drug-likeness (QED) is 0.275. The zero-order valence-electron chi connectivity index (χ0n) is 16.2. The van der Waals surface area contributed by atoms with E-state index >= 15 is 0 Å².